The van der Waals surface area contributed by atoms with Crippen LogP contribution in [0.1, 0.15) is 62.0 Å². The second-order valence-electron chi connectivity index (χ2n) is 5.48. The first-order valence-corrected chi connectivity index (χ1v) is 5.62. The lowest BCUT2D eigenvalue weighted by Crippen LogP contribution is -2.18. The van der Waals surface area contributed by atoms with Crippen LogP contribution in [0.5, 0.6) is 0 Å². The van der Waals surface area contributed by atoms with Crippen LogP contribution in [-0.2, 0) is 5.41 Å². The first-order valence-electron chi connectivity index (χ1n) is 5.62. The molecule has 0 radical (unpaired) electrons. The van der Waals surface area contributed by atoms with Crippen molar-refractivity contribution in [3.05, 3.63) is 34.9 Å². The van der Waals surface area contributed by atoms with Gasteiger partial charge in [0.15, 0.2) is 0 Å². The third-order valence-electron chi connectivity index (χ3n) is 2.72. The van der Waals surface area contributed by atoms with E-state index in [0.29, 0.717) is 5.56 Å². The second kappa shape index (κ2) is 4.28. The zero-order valence-electron chi connectivity index (χ0n) is 10.7. The Morgan fingerprint density at radius 3 is 2.19 bits per heavy atom. The van der Waals surface area contributed by atoms with Crippen molar-refractivity contribution in [2.75, 3.05) is 0 Å². The Labute approximate surface area is 97.3 Å². The predicted molar refractivity (Wildman–Crippen MR) is 66.2 cm³/mol. The van der Waals surface area contributed by atoms with Gasteiger partial charge in [-0.25, -0.2) is 4.79 Å². The van der Waals surface area contributed by atoms with Gasteiger partial charge in [-0.1, -0.05) is 46.8 Å². The molecule has 0 aliphatic carbocycles. The number of aromatic carboxylic acids is 1. The van der Waals surface area contributed by atoms with Crippen molar-refractivity contribution in [2.24, 2.45) is 0 Å². The zero-order chi connectivity index (χ0) is 12.5. The molecule has 1 N–H and O–H groups in total. The molecule has 0 fully saturated rings. The zero-order valence-corrected chi connectivity index (χ0v) is 10.7. The fourth-order valence-corrected chi connectivity index (χ4v) is 2.03. The SMILES string of the molecule is CC(C)c1c(C(=O)O)cccc1C(C)(C)C. The van der Waals surface area contributed by atoms with Gasteiger partial charge in [0.05, 0.1) is 5.56 Å². The number of hydrogen-bond acceptors (Lipinski definition) is 1. The molecular weight excluding hydrogens is 200 g/mol. The number of carboxylic acids is 1. The minimum absolute atomic E-state index is 0.0228. The summed E-state index contributed by atoms with van der Waals surface area (Å²) in [4.78, 5) is 11.2. The van der Waals surface area contributed by atoms with E-state index < -0.39 is 5.97 Å². The summed E-state index contributed by atoms with van der Waals surface area (Å²) in [5, 5.41) is 9.20. The average molecular weight is 220 g/mol. The van der Waals surface area contributed by atoms with Crippen LogP contribution in [0.2, 0.25) is 0 Å². The Balaban J connectivity index is 3.51. The van der Waals surface area contributed by atoms with E-state index in [1.807, 2.05) is 26.0 Å². The smallest absolute Gasteiger partial charge is 0.335 e. The number of carbonyl (C=O) groups is 1. The largest absolute Gasteiger partial charge is 0.478 e. The molecule has 16 heavy (non-hydrogen) atoms. The molecule has 1 aromatic rings. The van der Waals surface area contributed by atoms with Crippen LogP contribution in [0.4, 0.5) is 0 Å². The van der Waals surface area contributed by atoms with E-state index in [0.717, 1.165) is 11.1 Å². The van der Waals surface area contributed by atoms with Gasteiger partial charge in [-0.05, 0) is 28.5 Å². The summed E-state index contributed by atoms with van der Waals surface area (Å²) in [7, 11) is 0. The maximum Gasteiger partial charge on any atom is 0.335 e. The number of benzene rings is 1. The number of hydrogen-bond donors (Lipinski definition) is 1. The van der Waals surface area contributed by atoms with E-state index in [9.17, 15) is 9.90 Å². The first-order chi connectivity index (χ1) is 7.25. The molecule has 2 heteroatoms. The van der Waals surface area contributed by atoms with Crippen molar-refractivity contribution >= 4 is 5.97 Å². The molecule has 0 bridgehead atoms. The van der Waals surface area contributed by atoms with Crippen LogP contribution >= 0.6 is 0 Å². The average Bonchev–Trinajstić information content (AvgIpc) is 2.14. The van der Waals surface area contributed by atoms with Gasteiger partial charge in [0.25, 0.3) is 0 Å². The molecule has 0 heterocycles. The van der Waals surface area contributed by atoms with Gasteiger partial charge < -0.3 is 5.11 Å². The molecule has 0 unspecified atom stereocenters. The summed E-state index contributed by atoms with van der Waals surface area (Å²) in [6, 6.07) is 5.55. The lowest BCUT2D eigenvalue weighted by Gasteiger charge is -2.26. The molecule has 2 nitrogen and oxygen atoms in total. The first kappa shape index (κ1) is 12.8. The summed E-state index contributed by atoms with van der Waals surface area (Å²) in [5.74, 6) is -0.615. The second-order valence-corrected chi connectivity index (χ2v) is 5.48. The standard InChI is InChI=1S/C14H20O2/c1-9(2)12-10(13(15)16)7-6-8-11(12)14(3,4)5/h6-9H,1-5H3,(H,15,16). The van der Waals surface area contributed by atoms with Crippen LogP contribution in [0, 0.1) is 0 Å². The van der Waals surface area contributed by atoms with Gasteiger partial charge in [-0.3, -0.25) is 0 Å². The highest BCUT2D eigenvalue weighted by molar-refractivity contribution is 5.90. The summed E-state index contributed by atoms with van der Waals surface area (Å²) in [6.07, 6.45) is 0. The molecule has 0 saturated heterocycles. The van der Waals surface area contributed by atoms with Gasteiger partial charge in [0.1, 0.15) is 0 Å². The van der Waals surface area contributed by atoms with Gasteiger partial charge in [-0.15, -0.1) is 0 Å². The Morgan fingerprint density at radius 1 is 1.25 bits per heavy atom. The van der Waals surface area contributed by atoms with E-state index in [1.54, 1.807) is 6.07 Å². The highest BCUT2D eigenvalue weighted by Gasteiger charge is 2.23. The minimum atomic E-state index is -0.838. The van der Waals surface area contributed by atoms with Crippen LogP contribution in [0.25, 0.3) is 0 Å². The van der Waals surface area contributed by atoms with Crippen LogP contribution in [-0.4, -0.2) is 11.1 Å². The minimum Gasteiger partial charge on any atom is -0.478 e. The Hall–Kier alpha value is -1.31. The monoisotopic (exact) mass is 220 g/mol. The van der Waals surface area contributed by atoms with Crippen molar-refractivity contribution < 1.29 is 9.90 Å². The topological polar surface area (TPSA) is 37.3 Å². The lowest BCUT2D eigenvalue weighted by atomic mass is 9.79. The highest BCUT2D eigenvalue weighted by atomic mass is 16.4. The van der Waals surface area contributed by atoms with Gasteiger partial charge in [-0.2, -0.15) is 0 Å². The fourth-order valence-electron chi connectivity index (χ4n) is 2.03. The number of rotatable bonds is 2. The molecule has 1 aromatic carbocycles. The summed E-state index contributed by atoms with van der Waals surface area (Å²) < 4.78 is 0. The molecule has 0 aromatic heterocycles. The Bertz CT molecular complexity index is 398. The van der Waals surface area contributed by atoms with E-state index >= 15 is 0 Å². The molecule has 0 aliphatic rings. The molecule has 0 atom stereocenters. The molecule has 0 amide bonds. The van der Waals surface area contributed by atoms with E-state index in [4.69, 9.17) is 0 Å². The third-order valence-corrected chi connectivity index (χ3v) is 2.72. The highest BCUT2D eigenvalue weighted by Crippen LogP contribution is 2.32. The molecule has 1 rings (SSSR count). The van der Waals surface area contributed by atoms with E-state index in [2.05, 4.69) is 20.8 Å². The summed E-state index contributed by atoms with van der Waals surface area (Å²) in [5.41, 5.74) is 2.50. The van der Waals surface area contributed by atoms with Gasteiger partial charge in [0, 0.05) is 0 Å². The normalized spacial score (nSPS) is 11.9. The molecule has 0 saturated carbocycles. The Kier molecular flexibility index (Phi) is 3.41. The van der Waals surface area contributed by atoms with Gasteiger partial charge in [0.2, 0.25) is 0 Å². The summed E-state index contributed by atoms with van der Waals surface area (Å²) >= 11 is 0. The van der Waals surface area contributed by atoms with E-state index in [-0.39, 0.29) is 11.3 Å². The fraction of sp³-hybridized carbons (Fsp3) is 0.500. The maximum absolute atomic E-state index is 11.2. The van der Waals surface area contributed by atoms with Crippen LogP contribution in [0.3, 0.4) is 0 Å². The van der Waals surface area contributed by atoms with Crippen LogP contribution in [0.15, 0.2) is 18.2 Å². The van der Waals surface area contributed by atoms with Crippen molar-refractivity contribution in [3.8, 4) is 0 Å². The summed E-state index contributed by atoms with van der Waals surface area (Å²) in [6.45, 7) is 10.4. The lowest BCUT2D eigenvalue weighted by molar-refractivity contribution is 0.0695. The Morgan fingerprint density at radius 2 is 1.81 bits per heavy atom. The predicted octanol–water partition coefficient (Wildman–Crippen LogP) is 3.81. The van der Waals surface area contributed by atoms with Gasteiger partial charge >= 0.3 is 5.97 Å². The van der Waals surface area contributed by atoms with Crippen molar-refractivity contribution in [3.63, 3.8) is 0 Å². The molecule has 0 spiro atoms. The van der Waals surface area contributed by atoms with Crippen LogP contribution < -0.4 is 0 Å². The maximum atomic E-state index is 11.2. The molecular formula is C14H20O2. The number of carboxylic acid groups (broad SMARTS) is 1. The molecule has 0 aliphatic heterocycles. The van der Waals surface area contributed by atoms with Crippen molar-refractivity contribution in [1.29, 1.82) is 0 Å². The third kappa shape index (κ3) is 2.43. The van der Waals surface area contributed by atoms with Crippen molar-refractivity contribution in [1.82, 2.24) is 0 Å². The van der Waals surface area contributed by atoms with E-state index in [1.165, 1.54) is 0 Å². The molecule has 88 valence electrons. The quantitative estimate of drug-likeness (QED) is 0.823. The van der Waals surface area contributed by atoms with Crippen molar-refractivity contribution in [2.45, 2.75) is 46.0 Å².